The zero-order valence-electron chi connectivity index (χ0n) is 11.2. The molecule has 2 aromatic rings. The van der Waals surface area contributed by atoms with Crippen LogP contribution in [-0.4, -0.2) is 9.55 Å². The second kappa shape index (κ2) is 5.31. The van der Waals surface area contributed by atoms with Gasteiger partial charge in [-0.3, -0.25) is 0 Å². The molecule has 0 amide bonds. The fourth-order valence-electron chi connectivity index (χ4n) is 2.26. The van der Waals surface area contributed by atoms with Gasteiger partial charge in [-0.15, -0.1) is 0 Å². The molecule has 18 heavy (non-hydrogen) atoms. The van der Waals surface area contributed by atoms with Gasteiger partial charge in [0.2, 0.25) is 5.95 Å². The summed E-state index contributed by atoms with van der Waals surface area (Å²) in [6.45, 7) is 6.71. The highest BCUT2D eigenvalue weighted by atomic mass is 79.9. The SMILES string of the molecule is CC(C)CCC(C)n1c(N)nc2cc(Br)ccc21. The molecule has 1 heterocycles. The van der Waals surface area contributed by atoms with Gasteiger partial charge in [0.25, 0.3) is 0 Å². The van der Waals surface area contributed by atoms with Gasteiger partial charge in [0.05, 0.1) is 11.0 Å². The van der Waals surface area contributed by atoms with Crippen molar-refractivity contribution in [2.24, 2.45) is 5.92 Å². The summed E-state index contributed by atoms with van der Waals surface area (Å²) in [4.78, 5) is 4.43. The molecule has 0 aliphatic heterocycles. The number of nitrogens with two attached hydrogens (primary N) is 1. The number of nitrogen functional groups attached to an aromatic ring is 1. The highest BCUT2D eigenvalue weighted by Gasteiger charge is 2.14. The first kappa shape index (κ1) is 13.4. The molecule has 0 saturated carbocycles. The van der Waals surface area contributed by atoms with Crippen molar-refractivity contribution in [3.8, 4) is 0 Å². The predicted molar refractivity (Wildman–Crippen MR) is 80.6 cm³/mol. The molecular weight excluding hydrogens is 290 g/mol. The molecule has 4 heteroatoms. The smallest absolute Gasteiger partial charge is 0.201 e. The van der Waals surface area contributed by atoms with Crippen LogP contribution in [0.25, 0.3) is 11.0 Å². The van der Waals surface area contributed by atoms with Gasteiger partial charge >= 0.3 is 0 Å². The van der Waals surface area contributed by atoms with Crippen molar-refractivity contribution in [1.29, 1.82) is 0 Å². The van der Waals surface area contributed by atoms with Gasteiger partial charge in [-0.05, 0) is 43.9 Å². The van der Waals surface area contributed by atoms with E-state index in [1.807, 2.05) is 12.1 Å². The zero-order valence-corrected chi connectivity index (χ0v) is 12.7. The molecule has 0 aliphatic carbocycles. The topological polar surface area (TPSA) is 43.8 Å². The van der Waals surface area contributed by atoms with Crippen LogP contribution in [0.15, 0.2) is 22.7 Å². The van der Waals surface area contributed by atoms with Gasteiger partial charge in [-0.1, -0.05) is 29.8 Å². The van der Waals surface area contributed by atoms with Crippen molar-refractivity contribution >= 4 is 32.9 Å². The fraction of sp³-hybridized carbons (Fsp3) is 0.500. The largest absolute Gasteiger partial charge is 0.369 e. The lowest BCUT2D eigenvalue weighted by Gasteiger charge is -2.17. The number of fused-ring (bicyclic) bond motifs is 1. The Bertz CT molecular complexity index is 545. The molecule has 0 aliphatic rings. The maximum absolute atomic E-state index is 6.05. The van der Waals surface area contributed by atoms with E-state index < -0.39 is 0 Å². The molecule has 98 valence electrons. The van der Waals surface area contributed by atoms with Crippen molar-refractivity contribution in [2.75, 3.05) is 5.73 Å². The number of benzene rings is 1. The molecule has 0 bridgehead atoms. The predicted octanol–water partition coefficient (Wildman–Crippen LogP) is 4.38. The number of hydrogen-bond acceptors (Lipinski definition) is 2. The normalized spacial score (nSPS) is 13.4. The molecule has 1 aromatic carbocycles. The van der Waals surface area contributed by atoms with E-state index in [1.54, 1.807) is 0 Å². The summed E-state index contributed by atoms with van der Waals surface area (Å²) in [6, 6.07) is 6.51. The van der Waals surface area contributed by atoms with E-state index in [0.29, 0.717) is 12.0 Å². The van der Waals surface area contributed by atoms with Crippen LogP contribution >= 0.6 is 15.9 Å². The number of anilines is 1. The summed E-state index contributed by atoms with van der Waals surface area (Å²) in [5, 5.41) is 0. The number of rotatable bonds is 4. The Morgan fingerprint density at radius 1 is 1.28 bits per heavy atom. The number of halogens is 1. The quantitative estimate of drug-likeness (QED) is 0.911. The van der Waals surface area contributed by atoms with E-state index in [4.69, 9.17) is 5.73 Å². The van der Waals surface area contributed by atoms with Crippen LogP contribution in [0.4, 0.5) is 5.95 Å². The zero-order chi connectivity index (χ0) is 13.3. The summed E-state index contributed by atoms with van der Waals surface area (Å²) in [5.74, 6) is 1.33. The Labute approximate surface area is 117 Å². The van der Waals surface area contributed by atoms with Gasteiger partial charge < -0.3 is 10.3 Å². The summed E-state index contributed by atoms with van der Waals surface area (Å²) < 4.78 is 3.18. The summed E-state index contributed by atoms with van der Waals surface area (Å²) >= 11 is 3.46. The minimum absolute atomic E-state index is 0.388. The minimum Gasteiger partial charge on any atom is -0.369 e. The lowest BCUT2D eigenvalue weighted by molar-refractivity contribution is 0.450. The number of imidazole rings is 1. The first-order chi connectivity index (χ1) is 8.49. The van der Waals surface area contributed by atoms with Crippen LogP contribution in [-0.2, 0) is 0 Å². The Morgan fingerprint density at radius 2 is 2.00 bits per heavy atom. The van der Waals surface area contributed by atoms with Crippen molar-refractivity contribution in [3.05, 3.63) is 22.7 Å². The second-order valence-electron chi connectivity index (χ2n) is 5.29. The third-order valence-electron chi connectivity index (χ3n) is 3.28. The maximum atomic E-state index is 6.05. The highest BCUT2D eigenvalue weighted by Crippen LogP contribution is 2.28. The van der Waals surface area contributed by atoms with Crippen LogP contribution in [0.2, 0.25) is 0 Å². The van der Waals surface area contributed by atoms with E-state index in [0.717, 1.165) is 27.8 Å². The van der Waals surface area contributed by atoms with E-state index >= 15 is 0 Å². The van der Waals surface area contributed by atoms with Crippen LogP contribution in [0, 0.1) is 5.92 Å². The second-order valence-corrected chi connectivity index (χ2v) is 6.21. The number of nitrogens with zero attached hydrogens (tertiary/aromatic N) is 2. The maximum Gasteiger partial charge on any atom is 0.201 e. The Hall–Kier alpha value is -1.03. The summed E-state index contributed by atoms with van der Waals surface area (Å²) in [5.41, 5.74) is 8.12. The number of hydrogen-bond donors (Lipinski definition) is 1. The molecule has 0 radical (unpaired) electrons. The summed E-state index contributed by atoms with van der Waals surface area (Å²) in [6.07, 6.45) is 2.33. The lowest BCUT2D eigenvalue weighted by atomic mass is 10.0. The van der Waals surface area contributed by atoms with Crippen LogP contribution in [0.1, 0.15) is 39.7 Å². The molecule has 0 spiro atoms. The molecule has 0 fully saturated rings. The average Bonchev–Trinajstić information content (AvgIpc) is 2.61. The van der Waals surface area contributed by atoms with Gasteiger partial charge in [0.15, 0.2) is 0 Å². The van der Waals surface area contributed by atoms with Crippen LogP contribution < -0.4 is 5.73 Å². The molecule has 2 rings (SSSR count). The first-order valence-electron chi connectivity index (χ1n) is 6.42. The standard InChI is InChI=1S/C14H20BrN3/c1-9(2)4-5-10(3)18-13-7-6-11(15)8-12(13)17-14(18)16/h6-10H,4-5H2,1-3H3,(H2,16,17). The molecule has 3 nitrogen and oxygen atoms in total. The van der Waals surface area contributed by atoms with E-state index in [1.165, 1.54) is 6.42 Å². The summed E-state index contributed by atoms with van der Waals surface area (Å²) in [7, 11) is 0. The molecule has 1 unspecified atom stereocenters. The van der Waals surface area contributed by atoms with Gasteiger partial charge in [-0.25, -0.2) is 4.98 Å². The van der Waals surface area contributed by atoms with Crippen LogP contribution in [0.3, 0.4) is 0 Å². The third kappa shape index (κ3) is 2.69. The third-order valence-corrected chi connectivity index (χ3v) is 3.77. The van der Waals surface area contributed by atoms with Crippen molar-refractivity contribution in [1.82, 2.24) is 9.55 Å². The molecule has 1 aromatic heterocycles. The lowest BCUT2D eigenvalue weighted by Crippen LogP contribution is -2.09. The monoisotopic (exact) mass is 309 g/mol. The molecule has 0 saturated heterocycles. The van der Waals surface area contributed by atoms with E-state index in [2.05, 4.69) is 52.3 Å². The van der Waals surface area contributed by atoms with Gasteiger partial charge in [0.1, 0.15) is 0 Å². The van der Waals surface area contributed by atoms with Crippen molar-refractivity contribution < 1.29 is 0 Å². The van der Waals surface area contributed by atoms with Crippen LogP contribution in [0.5, 0.6) is 0 Å². The average molecular weight is 310 g/mol. The van der Waals surface area contributed by atoms with E-state index in [9.17, 15) is 0 Å². The van der Waals surface area contributed by atoms with Gasteiger partial charge in [0, 0.05) is 10.5 Å². The Kier molecular flexibility index (Phi) is 3.95. The molecular formula is C14H20BrN3. The minimum atomic E-state index is 0.388. The highest BCUT2D eigenvalue weighted by molar-refractivity contribution is 9.10. The Morgan fingerprint density at radius 3 is 2.67 bits per heavy atom. The first-order valence-corrected chi connectivity index (χ1v) is 7.21. The van der Waals surface area contributed by atoms with Gasteiger partial charge in [-0.2, -0.15) is 0 Å². The van der Waals surface area contributed by atoms with Crippen molar-refractivity contribution in [3.63, 3.8) is 0 Å². The number of aromatic nitrogens is 2. The van der Waals surface area contributed by atoms with E-state index in [-0.39, 0.29) is 0 Å². The Balaban J connectivity index is 2.34. The fourth-order valence-corrected chi connectivity index (χ4v) is 2.61. The molecule has 2 N–H and O–H groups in total. The van der Waals surface area contributed by atoms with Crippen molar-refractivity contribution in [2.45, 2.75) is 39.7 Å². The molecule has 1 atom stereocenters.